The van der Waals surface area contributed by atoms with Gasteiger partial charge in [0.2, 0.25) is 11.1 Å². The van der Waals surface area contributed by atoms with Crippen LogP contribution in [0.5, 0.6) is 11.5 Å². The van der Waals surface area contributed by atoms with Crippen LogP contribution in [0.2, 0.25) is 0 Å². The van der Waals surface area contributed by atoms with Crippen molar-refractivity contribution >= 4 is 17.7 Å². The molecule has 0 aliphatic heterocycles. The van der Waals surface area contributed by atoms with Crippen LogP contribution in [0.3, 0.4) is 0 Å². The van der Waals surface area contributed by atoms with E-state index in [0.29, 0.717) is 24.2 Å². The largest absolute Gasteiger partial charge is 0.493 e. The fourth-order valence-electron chi connectivity index (χ4n) is 3.25. The Morgan fingerprint density at radius 3 is 2.86 bits per heavy atom. The number of amides is 1. The Labute approximate surface area is 171 Å². The maximum atomic E-state index is 12.5. The fraction of sp³-hybridized carbons (Fsp3) is 0.556. The van der Waals surface area contributed by atoms with Gasteiger partial charge in [0.05, 0.1) is 18.9 Å². The van der Waals surface area contributed by atoms with Crippen molar-refractivity contribution < 1.29 is 23.0 Å². The van der Waals surface area contributed by atoms with Crippen LogP contribution in [0, 0.1) is 0 Å². The number of methoxy groups -OCH3 is 1. The van der Waals surface area contributed by atoms with Gasteiger partial charge in [-0.05, 0) is 47.4 Å². The molecular formula is C18H23F2N5O3S. The Morgan fingerprint density at radius 1 is 1.34 bits per heavy atom. The lowest BCUT2D eigenvalue weighted by Crippen LogP contribution is -2.27. The molecule has 1 N–H and O–H groups in total. The third kappa shape index (κ3) is 6.02. The van der Waals surface area contributed by atoms with Gasteiger partial charge in [0.25, 0.3) is 0 Å². The zero-order valence-electron chi connectivity index (χ0n) is 16.0. The summed E-state index contributed by atoms with van der Waals surface area (Å²) in [5, 5.41) is 15.2. The van der Waals surface area contributed by atoms with Crippen molar-refractivity contribution in [2.75, 3.05) is 19.4 Å². The lowest BCUT2D eigenvalue weighted by Gasteiger charge is -2.12. The number of nitrogens with zero attached hydrogens (tertiary/aromatic N) is 4. The average Bonchev–Trinajstić information content (AvgIpc) is 3.37. The maximum absolute atomic E-state index is 12.5. The zero-order chi connectivity index (χ0) is 20.6. The van der Waals surface area contributed by atoms with Crippen LogP contribution in [-0.4, -0.2) is 52.1 Å². The Kier molecular flexibility index (Phi) is 7.62. The van der Waals surface area contributed by atoms with Crippen LogP contribution in [0.25, 0.3) is 0 Å². The van der Waals surface area contributed by atoms with Crippen LogP contribution >= 0.6 is 11.8 Å². The van der Waals surface area contributed by atoms with E-state index in [4.69, 9.17) is 4.74 Å². The Balaban J connectivity index is 1.45. The van der Waals surface area contributed by atoms with E-state index in [2.05, 4.69) is 25.6 Å². The molecule has 1 aliphatic rings. The number of ether oxygens (including phenoxy) is 2. The minimum atomic E-state index is -2.93. The number of hydrogen-bond donors (Lipinski definition) is 1. The van der Waals surface area contributed by atoms with Crippen molar-refractivity contribution in [2.45, 2.75) is 49.9 Å². The van der Waals surface area contributed by atoms with E-state index in [0.717, 1.165) is 18.4 Å². The molecule has 1 aromatic heterocycles. The summed E-state index contributed by atoms with van der Waals surface area (Å²) in [4.78, 5) is 12.1. The second-order valence-corrected chi connectivity index (χ2v) is 7.54. The average molecular weight is 427 g/mol. The fourth-order valence-corrected chi connectivity index (χ4v) is 4.02. The van der Waals surface area contributed by atoms with Crippen LogP contribution in [-0.2, 0) is 11.2 Å². The van der Waals surface area contributed by atoms with Gasteiger partial charge < -0.3 is 14.8 Å². The second kappa shape index (κ2) is 10.4. The van der Waals surface area contributed by atoms with Gasteiger partial charge in [0, 0.05) is 6.54 Å². The molecule has 8 nitrogen and oxygen atoms in total. The molecule has 11 heteroatoms. The van der Waals surface area contributed by atoms with Crippen LogP contribution in [0.4, 0.5) is 8.78 Å². The minimum Gasteiger partial charge on any atom is -0.493 e. The van der Waals surface area contributed by atoms with Gasteiger partial charge in [0.15, 0.2) is 11.5 Å². The summed E-state index contributed by atoms with van der Waals surface area (Å²) in [5.74, 6) is 0.263. The highest BCUT2D eigenvalue weighted by molar-refractivity contribution is 7.99. The van der Waals surface area contributed by atoms with Crippen LogP contribution < -0.4 is 14.8 Å². The second-order valence-electron chi connectivity index (χ2n) is 6.60. The molecule has 29 heavy (non-hydrogen) atoms. The predicted octanol–water partition coefficient (Wildman–Crippen LogP) is 2.85. The molecular weight excluding hydrogens is 404 g/mol. The lowest BCUT2D eigenvalue weighted by molar-refractivity contribution is -0.118. The highest BCUT2D eigenvalue weighted by atomic mass is 32.2. The molecule has 1 fully saturated rings. The molecule has 0 radical (unpaired) electrons. The standard InChI is InChI=1S/C18H23F2N5O3S/c1-27-14-7-6-12(10-15(14)28-17(19)20)8-9-21-16(26)11-29-18-22-23-24-25(18)13-4-2-3-5-13/h6-7,10,13,17H,2-5,8-9,11H2,1H3,(H,21,26). The van der Waals surface area contributed by atoms with E-state index in [1.165, 1.54) is 37.8 Å². The van der Waals surface area contributed by atoms with Crippen molar-refractivity contribution in [3.63, 3.8) is 0 Å². The molecule has 1 aliphatic carbocycles. The molecule has 1 amide bonds. The van der Waals surface area contributed by atoms with Crippen molar-refractivity contribution in [1.82, 2.24) is 25.5 Å². The number of thioether (sulfide) groups is 1. The van der Waals surface area contributed by atoms with Gasteiger partial charge in [-0.15, -0.1) is 5.10 Å². The minimum absolute atomic E-state index is 0.0272. The van der Waals surface area contributed by atoms with Crippen molar-refractivity contribution in [3.05, 3.63) is 23.8 Å². The third-order valence-corrected chi connectivity index (χ3v) is 5.58. The third-order valence-electron chi connectivity index (χ3n) is 4.65. The van der Waals surface area contributed by atoms with Crippen LogP contribution in [0.1, 0.15) is 37.3 Å². The molecule has 1 heterocycles. The lowest BCUT2D eigenvalue weighted by atomic mass is 10.1. The van der Waals surface area contributed by atoms with E-state index >= 15 is 0 Å². The number of carbonyl (C=O) groups excluding carboxylic acids is 1. The number of carbonyl (C=O) groups is 1. The zero-order valence-corrected chi connectivity index (χ0v) is 16.8. The normalized spacial score (nSPS) is 14.3. The predicted molar refractivity (Wildman–Crippen MR) is 102 cm³/mol. The van der Waals surface area contributed by atoms with Gasteiger partial charge in [-0.3, -0.25) is 4.79 Å². The summed E-state index contributed by atoms with van der Waals surface area (Å²) in [7, 11) is 1.38. The molecule has 0 unspecified atom stereocenters. The summed E-state index contributed by atoms with van der Waals surface area (Å²) in [5.41, 5.74) is 0.750. The number of rotatable bonds is 10. The van der Waals surface area contributed by atoms with E-state index in [1.54, 1.807) is 12.1 Å². The van der Waals surface area contributed by atoms with Gasteiger partial charge in [-0.25, -0.2) is 4.68 Å². The Morgan fingerprint density at radius 2 is 2.14 bits per heavy atom. The molecule has 158 valence electrons. The highest BCUT2D eigenvalue weighted by Gasteiger charge is 2.22. The summed E-state index contributed by atoms with van der Waals surface area (Å²) >= 11 is 1.30. The quantitative estimate of drug-likeness (QED) is 0.583. The highest BCUT2D eigenvalue weighted by Crippen LogP contribution is 2.31. The first-order chi connectivity index (χ1) is 14.1. The molecule has 1 aromatic carbocycles. The van der Waals surface area contributed by atoms with Crippen molar-refractivity contribution in [1.29, 1.82) is 0 Å². The van der Waals surface area contributed by atoms with E-state index in [1.807, 2.05) is 4.68 Å². The molecule has 0 bridgehead atoms. The topological polar surface area (TPSA) is 91.2 Å². The van der Waals surface area contributed by atoms with Crippen molar-refractivity contribution in [2.24, 2.45) is 0 Å². The molecule has 1 saturated carbocycles. The summed E-state index contributed by atoms with van der Waals surface area (Å²) in [6, 6.07) is 5.11. The number of tetrazole rings is 1. The summed E-state index contributed by atoms with van der Waals surface area (Å²) in [6.07, 6.45) is 4.93. The molecule has 0 saturated heterocycles. The molecule has 2 aromatic rings. The van der Waals surface area contributed by atoms with E-state index < -0.39 is 6.61 Å². The van der Waals surface area contributed by atoms with E-state index in [9.17, 15) is 13.6 Å². The Bertz CT molecular complexity index is 815. The van der Waals surface area contributed by atoms with Crippen molar-refractivity contribution in [3.8, 4) is 11.5 Å². The molecule has 0 atom stereocenters. The monoisotopic (exact) mass is 427 g/mol. The molecule has 0 spiro atoms. The SMILES string of the molecule is COc1ccc(CCNC(=O)CSc2nnnn2C2CCCC2)cc1OC(F)F. The number of alkyl halides is 2. The number of aromatic nitrogens is 4. The van der Waals surface area contributed by atoms with Gasteiger partial charge in [-0.1, -0.05) is 30.7 Å². The number of nitrogens with one attached hydrogen (secondary N) is 1. The van der Waals surface area contributed by atoms with E-state index in [-0.39, 0.29) is 23.2 Å². The first kappa shape index (κ1) is 21.3. The summed E-state index contributed by atoms with van der Waals surface area (Å²) < 4.78 is 36.3. The first-order valence-corrected chi connectivity index (χ1v) is 10.3. The van der Waals surface area contributed by atoms with Gasteiger partial charge in [-0.2, -0.15) is 8.78 Å². The Hall–Kier alpha value is -2.43. The molecule has 3 rings (SSSR count). The smallest absolute Gasteiger partial charge is 0.387 e. The number of halogens is 2. The number of hydrogen-bond acceptors (Lipinski definition) is 7. The van der Waals surface area contributed by atoms with Crippen LogP contribution in [0.15, 0.2) is 23.4 Å². The first-order valence-electron chi connectivity index (χ1n) is 9.36. The number of benzene rings is 1. The summed E-state index contributed by atoms with van der Waals surface area (Å²) in [6.45, 7) is -2.57. The maximum Gasteiger partial charge on any atom is 0.387 e. The van der Waals surface area contributed by atoms with Gasteiger partial charge >= 0.3 is 6.61 Å². The van der Waals surface area contributed by atoms with Gasteiger partial charge in [0.1, 0.15) is 0 Å².